The van der Waals surface area contributed by atoms with Crippen LogP contribution in [0.15, 0.2) is 53.7 Å². The zero-order valence-electron chi connectivity index (χ0n) is 17.0. The van der Waals surface area contributed by atoms with E-state index in [2.05, 4.69) is 14.7 Å². The Hall–Kier alpha value is -3.73. The molecule has 2 N–H and O–H groups in total. The number of rotatable bonds is 6. The van der Waals surface area contributed by atoms with Gasteiger partial charge in [-0.15, -0.1) is 0 Å². The van der Waals surface area contributed by atoms with Crippen LogP contribution in [0.1, 0.15) is 6.92 Å². The highest BCUT2D eigenvalue weighted by Gasteiger charge is 2.19. The number of anilines is 1. The smallest absolute Gasteiger partial charge is 0.259 e. The van der Waals surface area contributed by atoms with Crippen LogP contribution in [0.5, 0.6) is 11.6 Å². The molecule has 0 radical (unpaired) electrons. The molecule has 0 bridgehead atoms. The van der Waals surface area contributed by atoms with Gasteiger partial charge in [-0.1, -0.05) is 0 Å². The lowest BCUT2D eigenvalue weighted by Gasteiger charge is -2.15. The highest BCUT2D eigenvalue weighted by molar-refractivity contribution is 7.92. The first-order valence-electron chi connectivity index (χ1n) is 9.49. The maximum Gasteiger partial charge on any atom is 0.259 e. The van der Waals surface area contributed by atoms with Gasteiger partial charge in [-0.05, 0) is 31.2 Å². The van der Waals surface area contributed by atoms with Crippen molar-refractivity contribution in [2.45, 2.75) is 6.92 Å². The van der Waals surface area contributed by atoms with Gasteiger partial charge < -0.3 is 14.3 Å². The molecule has 8 nitrogen and oxygen atoms in total. The van der Waals surface area contributed by atoms with Crippen LogP contribution in [0, 0.1) is 11.6 Å². The number of sulfonamides is 1. The third-order valence-corrected chi connectivity index (χ3v) is 6.09. The van der Waals surface area contributed by atoms with Gasteiger partial charge in [-0.25, -0.2) is 22.2 Å². The summed E-state index contributed by atoms with van der Waals surface area (Å²) < 4.78 is 60.9. The SMILES string of the molecule is CCS(=O)(=O)Nc1cnc(Oc2ccc(F)cc2F)c(-c2cn(C)c(=O)c3cc[nH]c23)c1. The van der Waals surface area contributed by atoms with E-state index >= 15 is 0 Å². The van der Waals surface area contributed by atoms with Gasteiger partial charge in [0.1, 0.15) is 5.82 Å². The van der Waals surface area contributed by atoms with Crippen LogP contribution in [-0.2, 0) is 17.1 Å². The molecule has 4 aromatic rings. The van der Waals surface area contributed by atoms with Crippen molar-refractivity contribution < 1.29 is 21.9 Å². The second-order valence-corrected chi connectivity index (χ2v) is 9.00. The number of nitrogens with zero attached hydrogens (tertiary/aromatic N) is 2. The molecule has 32 heavy (non-hydrogen) atoms. The van der Waals surface area contributed by atoms with Crippen molar-refractivity contribution >= 4 is 26.6 Å². The van der Waals surface area contributed by atoms with Gasteiger partial charge in [0.15, 0.2) is 11.6 Å². The van der Waals surface area contributed by atoms with E-state index in [1.165, 1.54) is 30.0 Å². The number of aromatic amines is 1. The first-order chi connectivity index (χ1) is 15.2. The van der Waals surface area contributed by atoms with Gasteiger partial charge >= 0.3 is 0 Å². The summed E-state index contributed by atoms with van der Waals surface area (Å²) in [5, 5.41) is 0.392. The predicted octanol–water partition coefficient (Wildman–Crippen LogP) is 3.76. The lowest BCUT2D eigenvalue weighted by atomic mass is 10.1. The van der Waals surface area contributed by atoms with Crippen molar-refractivity contribution in [3.05, 3.63) is 70.9 Å². The minimum Gasteiger partial charge on any atom is -0.435 e. The molecule has 0 saturated heterocycles. The van der Waals surface area contributed by atoms with Gasteiger partial charge in [-0.3, -0.25) is 9.52 Å². The summed E-state index contributed by atoms with van der Waals surface area (Å²) >= 11 is 0. The molecule has 3 aromatic heterocycles. The molecule has 0 saturated carbocycles. The van der Waals surface area contributed by atoms with Crippen molar-refractivity contribution in [1.82, 2.24) is 14.5 Å². The standard InChI is InChI=1S/C21H18F2N4O4S/c1-3-32(29,30)26-13-9-15(16-11-27(2)21(28)14-6-7-24-19(14)16)20(25-10-13)31-18-5-4-12(22)8-17(18)23/h4-11,24,26H,3H2,1-2H3. The molecule has 3 heterocycles. The monoisotopic (exact) mass is 460 g/mol. The Morgan fingerprint density at radius 1 is 1.19 bits per heavy atom. The van der Waals surface area contributed by atoms with Crippen LogP contribution < -0.4 is 15.0 Å². The molecule has 1 aromatic carbocycles. The number of ether oxygens (including phenoxy) is 1. The highest BCUT2D eigenvalue weighted by Crippen LogP contribution is 2.37. The summed E-state index contributed by atoms with van der Waals surface area (Å²) in [5.74, 6) is -2.18. The summed E-state index contributed by atoms with van der Waals surface area (Å²) in [4.78, 5) is 19.6. The Morgan fingerprint density at radius 2 is 1.97 bits per heavy atom. The van der Waals surface area contributed by atoms with Gasteiger partial charge in [0.25, 0.3) is 5.56 Å². The normalized spacial score (nSPS) is 11.6. The van der Waals surface area contributed by atoms with Crippen LogP contribution in [0.2, 0.25) is 0 Å². The molecule has 0 atom stereocenters. The van der Waals surface area contributed by atoms with E-state index in [-0.39, 0.29) is 34.2 Å². The van der Waals surface area contributed by atoms with E-state index in [1.54, 1.807) is 19.3 Å². The maximum absolute atomic E-state index is 14.2. The van der Waals surface area contributed by atoms with Crippen LogP contribution in [-0.4, -0.2) is 28.7 Å². The van der Waals surface area contributed by atoms with Gasteiger partial charge in [0, 0.05) is 31.1 Å². The fourth-order valence-electron chi connectivity index (χ4n) is 3.18. The number of halogens is 2. The van der Waals surface area contributed by atoms with Crippen LogP contribution in [0.25, 0.3) is 22.0 Å². The number of aryl methyl sites for hydroxylation is 1. The number of aromatic nitrogens is 3. The molecular weight excluding hydrogens is 442 g/mol. The summed E-state index contributed by atoms with van der Waals surface area (Å²) in [5.41, 5.74) is 1.13. The number of hydrogen-bond donors (Lipinski definition) is 2. The molecule has 4 rings (SSSR count). The Balaban J connectivity index is 1.93. The summed E-state index contributed by atoms with van der Waals surface area (Å²) in [7, 11) is -2.03. The molecule has 0 aliphatic carbocycles. The molecule has 0 fully saturated rings. The van der Waals surface area contributed by atoms with Gasteiger partial charge in [-0.2, -0.15) is 0 Å². The average molecular weight is 460 g/mol. The Kier molecular flexibility index (Phi) is 5.43. The van der Waals surface area contributed by atoms with Crippen molar-refractivity contribution in [2.24, 2.45) is 7.05 Å². The predicted molar refractivity (Wildman–Crippen MR) is 116 cm³/mol. The second-order valence-electron chi connectivity index (χ2n) is 6.98. The van der Waals surface area contributed by atoms with E-state index in [0.717, 1.165) is 12.1 Å². The summed E-state index contributed by atoms with van der Waals surface area (Å²) in [6, 6.07) is 5.91. The Labute approximate surface area is 181 Å². The molecule has 0 unspecified atom stereocenters. The average Bonchev–Trinajstić information content (AvgIpc) is 3.24. The van der Waals surface area contributed by atoms with Gasteiger partial charge in [0.2, 0.25) is 15.9 Å². The molecule has 166 valence electrons. The van der Waals surface area contributed by atoms with Crippen LogP contribution in [0.3, 0.4) is 0 Å². The summed E-state index contributed by atoms with van der Waals surface area (Å²) in [6.45, 7) is 1.49. The van der Waals surface area contributed by atoms with Crippen LogP contribution >= 0.6 is 0 Å². The topological polar surface area (TPSA) is 106 Å². The molecule has 0 amide bonds. The van der Waals surface area contributed by atoms with E-state index < -0.39 is 21.7 Å². The van der Waals surface area contributed by atoms with Crippen molar-refractivity contribution in [1.29, 1.82) is 0 Å². The number of benzene rings is 1. The minimum absolute atomic E-state index is 0.0653. The molecule has 0 aliphatic rings. The quantitative estimate of drug-likeness (QED) is 0.456. The largest absolute Gasteiger partial charge is 0.435 e. The zero-order chi connectivity index (χ0) is 23.0. The van der Waals surface area contributed by atoms with Crippen molar-refractivity contribution in [3.8, 4) is 22.8 Å². The van der Waals surface area contributed by atoms with E-state index in [0.29, 0.717) is 22.5 Å². The first-order valence-corrected chi connectivity index (χ1v) is 11.1. The fourth-order valence-corrected chi connectivity index (χ4v) is 3.79. The van der Waals surface area contributed by atoms with Crippen LogP contribution in [0.4, 0.5) is 14.5 Å². The number of hydrogen-bond acceptors (Lipinski definition) is 5. The molecular formula is C21H18F2N4O4S. The second kappa shape index (κ2) is 8.08. The number of H-pyrrole nitrogens is 1. The van der Waals surface area contributed by atoms with E-state index in [1.807, 2.05) is 0 Å². The van der Waals surface area contributed by atoms with E-state index in [9.17, 15) is 22.0 Å². The highest BCUT2D eigenvalue weighted by atomic mass is 32.2. The Morgan fingerprint density at radius 3 is 2.69 bits per heavy atom. The number of fused-ring (bicyclic) bond motifs is 1. The van der Waals surface area contributed by atoms with Crippen molar-refractivity contribution in [2.75, 3.05) is 10.5 Å². The Bertz CT molecular complexity index is 1500. The first kappa shape index (κ1) is 21.5. The fraction of sp³-hybridized carbons (Fsp3) is 0.143. The summed E-state index contributed by atoms with van der Waals surface area (Å²) in [6.07, 6.45) is 4.35. The maximum atomic E-state index is 14.2. The van der Waals surface area contributed by atoms with Crippen molar-refractivity contribution in [3.63, 3.8) is 0 Å². The third-order valence-electron chi connectivity index (χ3n) is 4.79. The molecule has 0 spiro atoms. The lowest BCUT2D eigenvalue weighted by molar-refractivity contribution is 0.425. The molecule has 0 aliphatic heterocycles. The van der Waals surface area contributed by atoms with E-state index in [4.69, 9.17) is 4.74 Å². The lowest BCUT2D eigenvalue weighted by Crippen LogP contribution is -2.16. The number of pyridine rings is 2. The minimum atomic E-state index is -3.60. The molecule has 11 heteroatoms. The zero-order valence-corrected chi connectivity index (χ0v) is 17.8. The number of nitrogens with one attached hydrogen (secondary N) is 2. The van der Waals surface area contributed by atoms with Gasteiger partial charge in [0.05, 0.1) is 34.1 Å². The third kappa shape index (κ3) is 4.06.